The van der Waals surface area contributed by atoms with Gasteiger partial charge in [0.05, 0.1) is 11.0 Å². The number of rotatable bonds is 2. The maximum Gasteiger partial charge on any atom is 0.175 e. The highest BCUT2D eigenvalue weighted by Crippen LogP contribution is 2.17. The molecule has 90 valence electrons. The van der Waals surface area contributed by atoms with Crippen LogP contribution in [0.4, 0.5) is 0 Å². The highest BCUT2D eigenvalue weighted by Gasteiger charge is 2.00. The first-order valence-electron chi connectivity index (χ1n) is 5.66. The summed E-state index contributed by atoms with van der Waals surface area (Å²) in [4.78, 5) is 6.23. The third-order valence-electron chi connectivity index (χ3n) is 2.90. The lowest BCUT2D eigenvalue weighted by molar-refractivity contribution is 1.20. The molecule has 2 nitrogen and oxygen atoms in total. The van der Waals surface area contributed by atoms with Crippen molar-refractivity contribution in [1.29, 1.82) is 0 Å². The van der Waals surface area contributed by atoms with Crippen molar-refractivity contribution in [3.05, 3.63) is 63.4 Å². The number of hydrogen-bond donors (Lipinski definition) is 2. The number of halogens is 1. The number of benzene rings is 2. The van der Waals surface area contributed by atoms with Crippen molar-refractivity contribution in [3.63, 3.8) is 0 Å². The van der Waals surface area contributed by atoms with Gasteiger partial charge in [-0.2, -0.15) is 0 Å². The van der Waals surface area contributed by atoms with Crippen LogP contribution in [0, 0.1) is 4.77 Å². The van der Waals surface area contributed by atoms with Gasteiger partial charge in [-0.3, -0.25) is 0 Å². The van der Waals surface area contributed by atoms with Crippen LogP contribution in [0.25, 0.3) is 11.0 Å². The summed E-state index contributed by atoms with van der Waals surface area (Å²) in [6.07, 6.45) is 0.888. The van der Waals surface area contributed by atoms with E-state index in [9.17, 15) is 0 Å². The van der Waals surface area contributed by atoms with Gasteiger partial charge >= 0.3 is 0 Å². The predicted octanol–water partition coefficient (Wildman–Crippen LogP) is 4.47. The van der Waals surface area contributed by atoms with E-state index in [4.69, 9.17) is 23.8 Å². The van der Waals surface area contributed by atoms with Gasteiger partial charge < -0.3 is 9.97 Å². The van der Waals surface area contributed by atoms with Crippen LogP contribution in [0.5, 0.6) is 0 Å². The Labute approximate surface area is 115 Å². The molecule has 0 amide bonds. The first-order valence-corrected chi connectivity index (χ1v) is 6.45. The predicted molar refractivity (Wildman–Crippen MR) is 77.7 cm³/mol. The Hall–Kier alpha value is -1.58. The third kappa shape index (κ3) is 2.33. The van der Waals surface area contributed by atoms with E-state index < -0.39 is 0 Å². The molecule has 2 N–H and O–H groups in total. The molecule has 1 aromatic heterocycles. The Morgan fingerprint density at radius 1 is 0.889 bits per heavy atom. The van der Waals surface area contributed by atoms with Gasteiger partial charge in [0.2, 0.25) is 0 Å². The van der Waals surface area contributed by atoms with Gasteiger partial charge in [0, 0.05) is 5.02 Å². The van der Waals surface area contributed by atoms with E-state index in [0.29, 0.717) is 4.77 Å². The highest BCUT2D eigenvalue weighted by molar-refractivity contribution is 7.71. The minimum atomic E-state index is 0.661. The normalized spacial score (nSPS) is 10.9. The van der Waals surface area contributed by atoms with Crippen LogP contribution < -0.4 is 0 Å². The van der Waals surface area contributed by atoms with E-state index in [1.165, 1.54) is 11.1 Å². The number of aromatic nitrogens is 2. The molecule has 0 fully saturated rings. The molecule has 4 heteroatoms. The lowest BCUT2D eigenvalue weighted by Crippen LogP contribution is -1.87. The van der Waals surface area contributed by atoms with Crippen LogP contribution in [0.3, 0.4) is 0 Å². The molecule has 0 saturated carbocycles. The van der Waals surface area contributed by atoms with Crippen molar-refractivity contribution in [2.24, 2.45) is 0 Å². The Morgan fingerprint density at radius 3 is 2.33 bits per heavy atom. The Morgan fingerprint density at radius 2 is 1.56 bits per heavy atom. The molecule has 1 heterocycles. The summed E-state index contributed by atoms with van der Waals surface area (Å²) in [5.41, 5.74) is 4.58. The molecule has 0 bridgehead atoms. The summed E-state index contributed by atoms with van der Waals surface area (Å²) in [5.74, 6) is 0. The van der Waals surface area contributed by atoms with E-state index in [-0.39, 0.29) is 0 Å². The minimum Gasteiger partial charge on any atom is -0.331 e. The molecule has 0 spiro atoms. The van der Waals surface area contributed by atoms with Crippen molar-refractivity contribution >= 4 is 34.9 Å². The molecule has 0 atom stereocenters. The average Bonchev–Trinajstić information content (AvgIpc) is 2.71. The van der Waals surface area contributed by atoms with E-state index in [1.807, 2.05) is 30.3 Å². The molecular formula is C14H11ClN2S. The van der Waals surface area contributed by atoms with Crippen LogP contribution in [0.2, 0.25) is 5.02 Å². The first kappa shape index (κ1) is 11.5. The molecule has 18 heavy (non-hydrogen) atoms. The maximum absolute atomic E-state index is 5.87. The zero-order valence-electron chi connectivity index (χ0n) is 9.53. The molecular weight excluding hydrogens is 264 g/mol. The maximum atomic E-state index is 5.87. The number of H-pyrrole nitrogens is 2. The molecule has 0 aliphatic heterocycles. The summed E-state index contributed by atoms with van der Waals surface area (Å²) in [5, 5.41) is 0.768. The van der Waals surface area contributed by atoms with Crippen LogP contribution in [0.1, 0.15) is 11.1 Å². The molecule has 0 saturated heterocycles. The summed E-state index contributed by atoms with van der Waals surface area (Å²) in [6, 6.07) is 14.2. The summed E-state index contributed by atoms with van der Waals surface area (Å²) < 4.78 is 0.661. The van der Waals surface area contributed by atoms with Gasteiger partial charge in [-0.05, 0) is 54.0 Å². The number of imidazole rings is 1. The Balaban J connectivity index is 1.94. The summed E-state index contributed by atoms with van der Waals surface area (Å²) >= 11 is 10.9. The number of hydrogen-bond acceptors (Lipinski definition) is 1. The zero-order chi connectivity index (χ0) is 12.5. The number of aromatic amines is 2. The van der Waals surface area contributed by atoms with Crippen molar-refractivity contribution in [3.8, 4) is 0 Å². The standard InChI is InChI=1S/C14H11ClN2S/c15-11-4-1-9(2-5-11)7-10-3-6-12-13(8-10)17-14(18)16-12/h1-6,8H,7H2,(H2,16,17,18). The van der Waals surface area contributed by atoms with Crippen molar-refractivity contribution in [2.75, 3.05) is 0 Å². The second-order valence-electron chi connectivity index (χ2n) is 4.26. The van der Waals surface area contributed by atoms with Gasteiger partial charge in [0.25, 0.3) is 0 Å². The fourth-order valence-electron chi connectivity index (χ4n) is 2.03. The molecule has 0 radical (unpaired) electrons. The minimum absolute atomic E-state index is 0.661. The zero-order valence-corrected chi connectivity index (χ0v) is 11.1. The van der Waals surface area contributed by atoms with Gasteiger partial charge in [0.1, 0.15) is 0 Å². The van der Waals surface area contributed by atoms with Crippen LogP contribution in [-0.4, -0.2) is 9.97 Å². The lowest BCUT2D eigenvalue weighted by atomic mass is 10.0. The topological polar surface area (TPSA) is 31.6 Å². The Bertz CT molecular complexity index is 740. The number of nitrogens with one attached hydrogen (secondary N) is 2. The fourth-order valence-corrected chi connectivity index (χ4v) is 2.37. The van der Waals surface area contributed by atoms with Crippen LogP contribution >= 0.6 is 23.8 Å². The van der Waals surface area contributed by atoms with E-state index in [1.54, 1.807) is 0 Å². The molecule has 3 aromatic rings. The second-order valence-corrected chi connectivity index (χ2v) is 5.11. The highest BCUT2D eigenvalue weighted by atomic mass is 35.5. The Kier molecular flexibility index (Phi) is 2.94. The van der Waals surface area contributed by atoms with Gasteiger partial charge in [-0.1, -0.05) is 29.8 Å². The molecule has 0 unspecified atom stereocenters. The molecule has 3 rings (SSSR count). The van der Waals surface area contributed by atoms with Gasteiger partial charge in [0.15, 0.2) is 4.77 Å². The monoisotopic (exact) mass is 274 g/mol. The molecule has 0 aliphatic carbocycles. The van der Waals surface area contributed by atoms with Crippen LogP contribution in [0.15, 0.2) is 42.5 Å². The first-order chi connectivity index (χ1) is 8.70. The number of fused-ring (bicyclic) bond motifs is 1. The second kappa shape index (κ2) is 4.59. The van der Waals surface area contributed by atoms with Crippen molar-refractivity contribution < 1.29 is 0 Å². The SMILES string of the molecule is S=c1[nH]c2ccc(Cc3ccc(Cl)cc3)cc2[nH]1. The third-order valence-corrected chi connectivity index (χ3v) is 3.36. The van der Waals surface area contributed by atoms with Gasteiger partial charge in [-0.25, -0.2) is 0 Å². The van der Waals surface area contributed by atoms with E-state index in [0.717, 1.165) is 22.5 Å². The smallest absolute Gasteiger partial charge is 0.175 e. The average molecular weight is 275 g/mol. The summed E-state index contributed by atoms with van der Waals surface area (Å²) in [6.45, 7) is 0. The van der Waals surface area contributed by atoms with E-state index >= 15 is 0 Å². The largest absolute Gasteiger partial charge is 0.331 e. The van der Waals surface area contributed by atoms with Gasteiger partial charge in [-0.15, -0.1) is 0 Å². The lowest BCUT2D eigenvalue weighted by Gasteiger charge is -2.02. The van der Waals surface area contributed by atoms with Crippen molar-refractivity contribution in [2.45, 2.75) is 6.42 Å². The van der Waals surface area contributed by atoms with Crippen molar-refractivity contribution in [1.82, 2.24) is 9.97 Å². The molecule has 2 aromatic carbocycles. The summed E-state index contributed by atoms with van der Waals surface area (Å²) in [7, 11) is 0. The fraction of sp³-hybridized carbons (Fsp3) is 0.0714. The quantitative estimate of drug-likeness (QED) is 0.664. The van der Waals surface area contributed by atoms with E-state index in [2.05, 4.69) is 22.1 Å². The van der Waals surface area contributed by atoms with Crippen LogP contribution in [-0.2, 0) is 6.42 Å². The molecule has 0 aliphatic rings.